The van der Waals surface area contributed by atoms with Gasteiger partial charge in [-0.15, -0.1) is 10.2 Å². The minimum absolute atomic E-state index is 0.00591. The maximum atomic E-state index is 12.7. The first kappa shape index (κ1) is 19.4. The highest BCUT2D eigenvalue weighted by molar-refractivity contribution is 8.00. The molecule has 1 fully saturated rings. The van der Waals surface area contributed by atoms with Crippen molar-refractivity contribution in [2.75, 3.05) is 18.9 Å². The summed E-state index contributed by atoms with van der Waals surface area (Å²) >= 11 is 1.39. The van der Waals surface area contributed by atoms with Gasteiger partial charge in [-0.25, -0.2) is 0 Å². The van der Waals surface area contributed by atoms with Crippen molar-refractivity contribution >= 4 is 29.3 Å². The second kappa shape index (κ2) is 8.12. The summed E-state index contributed by atoms with van der Waals surface area (Å²) < 4.78 is 2.11. The maximum absolute atomic E-state index is 12.7. The van der Waals surface area contributed by atoms with Gasteiger partial charge in [0.15, 0.2) is 5.16 Å². The lowest BCUT2D eigenvalue weighted by atomic mass is 10.2. The molecule has 0 saturated heterocycles. The molecule has 2 amide bonds. The third kappa shape index (κ3) is 4.88. The molecule has 1 heterocycles. The minimum atomic E-state index is -0.344. The largest absolute Gasteiger partial charge is 0.335 e. The molecule has 1 saturated carbocycles. The van der Waals surface area contributed by atoms with E-state index in [0.717, 1.165) is 35.1 Å². The van der Waals surface area contributed by atoms with Crippen LogP contribution in [0.1, 0.15) is 37.2 Å². The third-order valence-corrected chi connectivity index (χ3v) is 5.51. The summed E-state index contributed by atoms with van der Waals surface area (Å²) in [7, 11) is 1.64. The Labute approximate surface area is 163 Å². The van der Waals surface area contributed by atoms with E-state index in [4.69, 9.17) is 0 Å². The fraction of sp³-hybridized carbons (Fsp3) is 0.474. The Hall–Kier alpha value is -2.35. The van der Waals surface area contributed by atoms with Crippen LogP contribution in [-0.4, -0.2) is 50.3 Å². The number of aromatic nitrogens is 3. The monoisotopic (exact) mass is 387 g/mol. The Morgan fingerprint density at radius 2 is 1.93 bits per heavy atom. The predicted molar refractivity (Wildman–Crippen MR) is 106 cm³/mol. The van der Waals surface area contributed by atoms with Gasteiger partial charge in [-0.05, 0) is 45.7 Å². The van der Waals surface area contributed by atoms with Gasteiger partial charge in [0, 0.05) is 18.8 Å². The summed E-state index contributed by atoms with van der Waals surface area (Å²) in [5, 5.41) is 11.6. The maximum Gasteiger partial charge on any atom is 0.243 e. The summed E-state index contributed by atoms with van der Waals surface area (Å²) in [6.45, 7) is 5.76. The molecule has 1 aliphatic rings. The third-order valence-electron chi connectivity index (χ3n) is 4.47. The van der Waals surface area contributed by atoms with Crippen LogP contribution >= 0.6 is 11.8 Å². The molecule has 0 bridgehead atoms. The van der Waals surface area contributed by atoms with Crippen LogP contribution in [0.2, 0.25) is 0 Å². The number of nitrogens with one attached hydrogen (secondary N) is 1. The number of nitrogens with zero attached hydrogens (tertiary/aromatic N) is 4. The average Bonchev–Trinajstić information content (AvgIpc) is 3.39. The number of carbonyl (C=O) groups is 2. The molecule has 1 aliphatic carbocycles. The van der Waals surface area contributed by atoms with E-state index in [9.17, 15) is 9.59 Å². The Balaban J connectivity index is 1.54. The topological polar surface area (TPSA) is 80.1 Å². The molecule has 0 aliphatic heterocycles. The van der Waals surface area contributed by atoms with E-state index in [1.165, 1.54) is 16.7 Å². The number of benzene rings is 1. The molecular weight excluding hydrogens is 362 g/mol. The van der Waals surface area contributed by atoms with Crippen LogP contribution in [0, 0.1) is 13.8 Å². The molecule has 1 aromatic heterocycles. The molecule has 1 aromatic carbocycles. The van der Waals surface area contributed by atoms with Crippen molar-refractivity contribution < 1.29 is 9.59 Å². The van der Waals surface area contributed by atoms with Crippen molar-refractivity contribution in [3.8, 4) is 0 Å². The van der Waals surface area contributed by atoms with E-state index in [-0.39, 0.29) is 23.6 Å². The average molecular weight is 388 g/mol. The first-order chi connectivity index (χ1) is 12.8. The van der Waals surface area contributed by atoms with Crippen LogP contribution in [0.5, 0.6) is 0 Å². The molecule has 2 aromatic rings. The predicted octanol–water partition coefficient (Wildman–Crippen LogP) is 2.81. The summed E-state index contributed by atoms with van der Waals surface area (Å²) in [6, 6.07) is 8.02. The van der Waals surface area contributed by atoms with Crippen LogP contribution < -0.4 is 5.32 Å². The molecule has 27 heavy (non-hydrogen) atoms. The van der Waals surface area contributed by atoms with Gasteiger partial charge in [0.25, 0.3) is 0 Å². The number of hydrogen-bond acceptors (Lipinski definition) is 5. The second-order valence-corrected chi connectivity index (χ2v) is 8.31. The number of rotatable bonds is 7. The molecule has 144 valence electrons. The Kier molecular flexibility index (Phi) is 5.84. The molecule has 1 N–H and O–H groups in total. The summed E-state index contributed by atoms with van der Waals surface area (Å²) in [5.41, 5.74) is 1.85. The lowest BCUT2D eigenvalue weighted by Gasteiger charge is -2.20. The van der Waals surface area contributed by atoms with Gasteiger partial charge in [-0.1, -0.05) is 29.5 Å². The molecule has 0 spiro atoms. The zero-order chi connectivity index (χ0) is 19.6. The first-order valence-electron chi connectivity index (χ1n) is 9.05. The SMILES string of the molecule is Cc1ccc(NC(=O)CN(C)C(=O)[C@H](C)Sc2nnc(C)n2C2CC2)cc1. The Bertz CT molecular complexity index is 829. The minimum Gasteiger partial charge on any atom is -0.335 e. The fourth-order valence-electron chi connectivity index (χ4n) is 2.83. The van der Waals surface area contributed by atoms with Crippen molar-refractivity contribution in [2.45, 2.75) is 50.1 Å². The van der Waals surface area contributed by atoms with Gasteiger partial charge >= 0.3 is 0 Å². The smallest absolute Gasteiger partial charge is 0.243 e. The number of likely N-dealkylation sites (N-methyl/N-ethyl adjacent to an activating group) is 1. The van der Waals surface area contributed by atoms with E-state index in [1.54, 1.807) is 7.05 Å². The van der Waals surface area contributed by atoms with Gasteiger partial charge in [0.1, 0.15) is 5.82 Å². The molecule has 1 atom stereocenters. The lowest BCUT2D eigenvalue weighted by Crippen LogP contribution is -2.39. The summed E-state index contributed by atoms with van der Waals surface area (Å²) in [5.74, 6) is 0.552. The lowest BCUT2D eigenvalue weighted by molar-refractivity contribution is -0.132. The normalized spacial score (nSPS) is 14.7. The van der Waals surface area contributed by atoms with E-state index < -0.39 is 0 Å². The molecule has 3 rings (SSSR count). The highest BCUT2D eigenvalue weighted by atomic mass is 32.2. The highest BCUT2D eigenvalue weighted by Crippen LogP contribution is 2.39. The van der Waals surface area contributed by atoms with Crippen LogP contribution in [0.3, 0.4) is 0 Å². The van der Waals surface area contributed by atoms with Crippen LogP contribution in [-0.2, 0) is 9.59 Å². The van der Waals surface area contributed by atoms with Gasteiger partial charge in [0.2, 0.25) is 11.8 Å². The number of amides is 2. The second-order valence-electron chi connectivity index (χ2n) is 7.00. The van der Waals surface area contributed by atoms with E-state index >= 15 is 0 Å². The Morgan fingerprint density at radius 1 is 1.26 bits per heavy atom. The van der Waals surface area contributed by atoms with E-state index in [2.05, 4.69) is 20.1 Å². The van der Waals surface area contributed by atoms with Crippen molar-refractivity contribution in [1.82, 2.24) is 19.7 Å². The quantitative estimate of drug-likeness (QED) is 0.739. The van der Waals surface area contributed by atoms with Gasteiger partial charge < -0.3 is 14.8 Å². The van der Waals surface area contributed by atoms with Gasteiger partial charge in [-0.3, -0.25) is 9.59 Å². The molecule has 0 radical (unpaired) electrons. The van der Waals surface area contributed by atoms with Crippen molar-refractivity contribution in [1.29, 1.82) is 0 Å². The molecular formula is C19H25N5O2S. The Morgan fingerprint density at radius 3 is 2.56 bits per heavy atom. The number of aryl methyl sites for hydroxylation is 2. The number of anilines is 1. The zero-order valence-electron chi connectivity index (χ0n) is 16.1. The fourth-order valence-corrected chi connectivity index (χ4v) is 3.91. The number of hydrogen-bond donors (Lipinski definition) is 1. The van der Waals surface area contributed by atoms with E-state index in [1.807, 2.05) is 45.0 Å². The summed E-state index contributed by atoms with van der Waals surface area (Å²) in [4.78, 5) is 26.3. The van der Waals surface area contributed by atoms with Gasteiger partial charge in [0.05, 0.1) is 11.8 Å². The standard InChI is InChI=1S/C19H25N5O2S/c1-12-5-7-15(8-6-12)20-17(25)11-23(4)18(26)13(2)27-19-22-21-14(3)24(19)16-9-10-16/h5-8,13,16H,9-11H2,1-4H3,(H,20,25)/t13-/m0/s1. The zero-order valence-corrected chi connectivity index (χ0v) is 16.9. The van der Waals surface area contributed by atoms with Crippen molar-refractivity contribution in [3.63, 3.8) is 0 Å². The van der Waals surface area contributed by atoms with Crippen LogP contribution in [0.4, 0.5) is 5.69 Å². The number of carbonyl (C=O) groups excluding carboxylic acids is 2. The number of thioether (sulfide) groups is 1. The first-order valence-corrected chi connectivity index (χ1v) is 9.92. The highest BCUT2D eigenvalue weighted by Gasteiger charge is 2.30. The van der Waals surface area contributed by atoms with Crippen molar-refractivity contribution in [3.05, 3.63) is 35.7 Å². The molecule has 7 nitrogen and oxygen atoms in total. The van der Waals surface area contributed by atoms with Gasteiger partial charge in [-0.2, -0.15) is 0 Å². The van der Waals surface area contributed by atoms with Crippen molar-refractivity contribution in [2.24, 2.45) is 0 Å². The van der Waals surface area contributed by atoms with Crippen LogP contribution in [0.25, 0.3) is 0 Å². The van der Waals surface area contributed by atoms with Crippen LogP contribution in [0.15, 0.2) is 29.4 Å². The molecule has 8 heteroatoms. The summed E-state index contributed by atoms with van der Waals surface area (Å²) in [6.07, 6.45) is 2.27. The molecule has 0 unspecified atom stereocenters. The van der Waals surface area contributed by atoms with E-state index in [0.29, 0.717) is 6.04 Å².